The Balaban J connectivity index is 1.72. The van der Waals surface area contributed by atoms with Crippen molar-refractivity contribution in [3.05, 3.63) is 65.5 Å². The SMILES string of the molecule is C=CCn1c(C)cc(C(=O)COC(=O)c2cccc(S(=O)(=O)N3CC(C)OC(C)C3)c2)c1C. The molecule has 178 valence electrons. The van der Waals surface area contributed by atoms with Crippen molar-refractivity contribution in [3.8, 4) is 0 Å². The van der Waals surface area contributed by atoms with E-state index in [0.717, 1.165) is 11.4 Å². The zero-order valence-electron chi connectivity index (χ0n) is 19.4. The first kappa shape index (κ1) is 24.9. The van der Waals surface area contributed by atoms with Gasteiger partial charge in [0.05, 0.1) is 22.7 Å². The lowest BCUT2D eigenvalue weighted by molar-refractivity contribution is -0.0440. The molecule has 0 N–H and O–H groups in total. The summed E-state index contributed by atoms with van der Waals surface area (Å²) in [5.41, 5.74) is 2.23. The van der Waals surface area contributed by atoms with Crippen molar-refractivity contribution in [2.24, 2.45) is 0 Å². The second-order valence-electron chi connectivity index (χ2n) is 8.29. The number of ether oxygens (including phenoxy) is 2. The summed E-state index contributed by atoms with van der Waals surface area (Å²) in [5.74, 6) is -1.09. The average molecular weight is 475 g/mol. The van der Waals surface area contributed by atoms with Crippen LogP contribution in [0, 0.1) is 13.8 Å². The third-order valence-corrected chi connectivity index (χ3v) is 7.44. The van der Waals surface area contributed by atoms with Crippen LogP contribution in [0.4, 0.5) is 0 Å². The van der Waals surface area contributed by atoms with Gasteiger partial charge in [0.15, 0.2) is 6.61 Å². The molecule has 0 radical (unpaired) electrons. The van der Waals surface area contributed by atoms with E-state index in [2.05, 4.69) is 6.58 Å². The van der Waals surface area contributed by atoms with Gasteiger partial charge in [-0.15, -0.1) is 6.58 Å². The zero-order chi connectivity index (χ0) is 24.3. The molecule has 0 aliphatic carbocycles. The Kier molecular flexibility index (Phi) is 7.56. The van der Waals surface area contributed by atoms with Gasteiger partial charge in [-0.05, 0) is 52.0 Å². The second kappa shape index (κ2) is 10.0. The van der Waals surface area contributed by atoms with Crippen LogP contribution in [-0.2, 0) is 26.0 Å². The van der Waals surface area contributed by atoms with Gasteiger partial charge < -0.3 is 14.0 Å². The Bertz CT molecular complexity index is 1160. The second-order valence-corrected chi connectivity index (χ2v) is 10.2. The number of morpholine rings is 1. The molecular weight excluding hydrogens is 444 g/mol. The molecule has 2 unspecified atom stereocenters. The number of carbonyl (C=O) groups is 2. The fourth-order valence-electron chi connectivity index (χ4n) is 4.05. The average Bonchev–Trinajstić information content (AvgIpc) is 3.05. The van der Waals surface area contributed by atoms with Crippen LogP contribution in [0.3, 0.4) is 0 Å². The zero-order valence-corrected chi connectivity index (χ0v) is 20.2. The van der Waals surface area contributed by atoms with Crippen LogP contribution >= 0.6 is 0 Å². The fraction of sp³-hybridized carbons (Fsp3) is 0.417. The monoisotopic (exact) mass is 474 g/mol. The molecule has 2 atom stereocenters. The lowest BCUT2D eigenvalue weighted by Gasteiger charge is -2.34. The Labute approximate surface area is 194 Å². The van der Waals surface area contributed by atoms with E-state index >= 15 is 0 Å². The maximum Gasteiger partial charge on any atom is 0.338 e. The van der Waals surface area contributed by atoms with Gasteiger partial charge in [0.2, 0.25) is 15.8 Å². The fourth-order valence-corrected chi connectivity index (χ4v) is 5.68. The van der Waals surface area contributed by atoms with Crippen molar-refractivity contribution >= 4 is 21.8 Å². The first-order chi connectivity index (χ1) is 15.5. The smallest absolute Gasteiger partial charge is 0.338 e. The van der Waals surface area contributed by atoms with Crippen molar-refractivity contribution in [1.29, 1.82) is 0 Å². The summed E-state index contributed by atoms with van der Waals surface area (Å²) in [6.45, 7) is 11.7. The van der Waals surface area contributed by atoms with Crippen LogP contribution in [0.25, 0.3) is 0 Å². The lowest BCUT2D eigenvalue weighted by Crippen LogP contribution is -2.48. The molecule has 8 nitrogen and oxygen atoms in total. The minimum atomic E-state index is -3.80. The van der Waals surface area contributed by atoms with Crippen LogP contribution < -0.4 is 0 Å². The van der Waals surface area contributed by atoms with Crippen molar-refractivity contribution in [2.45, 2.75) is 51.3 Å². The molecule has 3 rings (SSSR count). The van der Waals surface area contributed by atoms with E-state index in [9.17, 15) is 18.0 Å². The van der Waals surface area contributed by atoms with E-state index in [4.69, 9.17) is 9.47 Å². The number of esters is 1. The molecule has 0 bridgehead atoms. The Morgan fingerprint density at radius 1 is 1.18 bits per heavy atom. The quantitative estimate of drug-likeness (QED) is 0.331. The Morgan fingerprint density at radius 3 is 2.48 bits per heavy atom. The van der Waals surface area contributed by atoms with Crippen LogP contribution in [-0.4, -0.2) is 60.9 Å². The van der Waals surface area contributed by atoms with E-state index < -0.39 is 22.6 Å². The minimum absolute atomic E-state index is 0.00227. The van der Waals surface area contributed by atoms with Gasteiger partial charge in [-0.25, -0.2) is 13.2 Å². The largest absolute Gasteiger partial charge is 0.454 e. The van der Waals surface area contributed by atoms with Crippen molar-refractivity contribution < 1.29 is 27.5 Å². The Morgan fingerprint density at radius 2 is 1.85 bits per heavy atom. The summed E-state index contributed by atoms with van der Waals surface area (Å²) in [7, 11) is -3.80. The molecular formula is C24H30N2O6S. The number of Topliss-reactive ketones (excluding diaryl/α,β-unsaturated/α-hetero) is 1. The number of aryl methyl sites for hydroxylation is 1. The molecule has 0 saturated carbocycles. The third kappa shape index (κ3) is 5.43. The van der Waals surface area contributed by atoms with E-state index in [1.807, 2.05) is 32.3 Å². The van der Waals surface area contributed by atoms with Crippen molar-refractivity contribution in [2.75, 3.05) is 19.7 Å². The number of allylic oxidation sites excluding steroid dienone is 1. The molecule has 0 spiro atoms. The molecule has 1 aliphatic heterocycles. The van der Waals surface area contributed by atoms with Gasteiger partial charge in [0, 0.05) is 36.6 Å². The number of rotatable bonds is 8. The molecule has 1 fully saturated rings. The number of benzene rings is 1. The number of aromatic nitrogens is 1. The molecule has 1 aliphatic rings. The topological polar surface area (TPSA) is 94.9 Å². The predicted octanol–water partition coefficient (Wildman–Crippen LogP) is 3.13. The third-order valence-electron chi connectivity index (χ3n) is 5.61. The highest BCUT2D eigenvalue weighted by Gasteiger charge is 2.32. The number of ketones is 1. The highest BCUT2D eigenvalue weighted by atomic mass is 32.2. The van der Waals surface area contributed by atoms with E-state index in [1.165, 1.54) is 28.6 Å². The van der Waals surface area contributed by atoms with Crippen LogP contribution in [0.1, 0.15) is 46.0 Å². The molecule has 1 aromatic carbocycles. The molecule has 0 amide bonds. The van der Waals surface area contributed by atoms with E-state index in [-0.39, 0.29) is 41.5 Å². The van der Waals surface area contributed by atoms with Gasteiger partial charge in [-0.1, -0.05) is 12.1 Å². The van der Waals surface area contributed by atoms with Gasteiger partial charge in [-0.2, -0.15) is 4.31 Å². The lowest BCUT2D eigenvalue weighted by atomic mass is 10.1. The molecule has 1 saturated heterocycles. The molecule has 2 aromatic rings. The van der Waals surface area contributed by atoms with Crippen LogP contribution in [0.2, 0.25) is 0 Å². The number of nitrogens with zero attached hydrogens (tertiary/aromatic N) is 2. The van der Waals surface area contributed by atoms with Gasteiger partial charge in [-0.3, -0.25) is 4.79 Å². The highest BCUT2D eigenvalue weighted by Crippen LogP contribution is 2.22. The van der Waals surface area contributed by atoms with Crippen LogP contribution in [0.5, 0.6) is 0 Å². The normalized spacial score (nSPS) is 19.3. The predicted molar refractivity (Wildman–Crippen MR) is 124 cm³/mol. The maximum absolute atomic E-state index is 13.1. The van der Waals surface area contributed by atoms with Gasteiger partial charge >= 0.3 is 5.97 Å². The summed E-state index contributed by atoms with van der Waals surface area (Å²) >= 11 is 0. The minimum Gasteiger partial charge on any atom is -0.454 e. The number of sulfonamides is 1. The van der Waals surface area contributed by atoms with Crippen molar-refractivity contribution in [1.82, 2.24) is 8.87 Å². The first-order valence-electron chi connectivity index (χ1n) is 10.8. The van der Waals surface area contributed by atoms with E-state index in [0.29, 0.717) is 12.1 Å². The molecule has 2 heterocycles. The van der Waals surface area contributed by atoms with Gasteiger partial charge in [0.25, 0.3) is 0 Å². The summed E-state index contributed by atoms with van der Waals surface area (Å²) in [4.78, 5) is 25.2. The first-order valence-corrected chi connectivity index (χ1v) is 12.2. The van der Waals surface area contributed by atoms with Crippen LogP contribution in [0.15, 0.2) is 47.9 Å². The summed E-state index contributed by atoms with van der Waals surface area (Å²) in [5, 5.41) is 0. The number of carbonyl (C=O) groups excluding carboxylic acids is 2. The summed E-state index contributed by atoms with van der Waals surface area (Å²) in [6.07, 6.45) is 1.29. The number of hydrogen-bond donors (Lipinski definition) is 0. The molecule has 33 heavy (non-hydrogen) atoms. The van der Waals surface area contributed by atoms with E-state index in [1.54, 1.807) is 12.1 Å². The molecule has 1 aromatic heterocycles. The summed E-state index contributed by atoms with van der Waals surface area (Å²) in [6, 6.07) is 7.43. The standard InChI is InChI=1S/C24H30N2O6S/c1-6-10-26-16(2)11-22(19(26)5)23(27)15-31-24(28)20-8-7-9-21(12-20)33(29,30)25-13-17(3)32-18(4)14-25/h6-9,11-12,17-18H,1,10,13-15H2,2-5H3. The highest BCUT2D eigenvalue weighted by molar-refractivity contribution is 7.89. The maximum atomic E-state index is 13.1. The molecule has 9 heteroatoms. The number of hydrogen-bond acceptors (Lipinski definition) is 6. The van der Waals surface area contributed by atoms with Crippen molar-refractivity contribution in [3.63, 3.8) is 0 Å². The summed E-state index contributed by atoms with van der Waals surface area (Å²) < 4.78 is 40.3. The Hall–Kier alpha value is -2.75. The van der Waals surface area contributed by atoms with Gasteiger partial charge in [0.1, 0.15) is 0 Å².